The summed E-state index contributed by atoms with van der Waals surface area (Å²) in [5.41, 5.74) is 0.282. The third-order valence-corrected chi connectivity index (χ3v) is 4.40. The molecule has 8 heteroatoms. The fourth-order valence-electron chi connectivity index (χ4n) is 2.00. The Labute approximate surface area is 153 Å². The molecule has 0 bridgehead atoms. The number of halogens is 3. The van der Waals surface area contributed by atoms with Crippen LogP contribution in [0.3, 0.4) is 0 Å². The quantitative estimate of drug-likeness (QED) is 0.783. The minimum Gasteiger partial charge on any atom is -0.339 e. The van der Waals surface area contributed by atoms with Crippen molar-refractivity contribution in [2.45, 2.75) is 17.5 Å². The van der Waals surface area contributed by atoms with E-state index in [1.165, 1.54) is 17.0 Å². The zero-order valence-corrected chi connectivity index (χ0v) is 14.9. The number of amides is 2. The summed E-state index contributed by atoms with van der Waals surface area (Å²) < 4.78 is 37.6. The van der Waals surface area contributed by atoms with Crippen LogP contribution < -0.4 is 5.32 Å². The van der Waals surface area contributed by atoms with Gasteiger partial charge in [0.05, 0.1) is 12.0 Å². The Morgan fingerprint density at radius 3 is 2.08 bits per heavy atom. The average Bonchev–Trinajstić information content (AvgIpc) is 2.56. The fraction of sp³-hybridized carbons (Fsp3) is 0.222. The van der Waals surface area contributed by atoms with Gasteiger partial charge in [-0.3, -0.25) is 9.59 Å². The topological polar surface area (TPSA) is 49.4 Å². The third-order valence-electron chi connectivity index (χ3n) is 3.35. The molecule has 2 amide bonds. The molecule has 0 saturated heterocycles. The monoisotopic (exact) mass is 382 g/mol. The predicted molar refractivity (Wildman–Crippen MR) is 95.2 cm³/mol. The zero-order chi connectivity index (χ0) is 19.3. The minimum absolute atomic E-state index is 0.0340. The van der Waals surface area contributed by atoms with Gasteiger partial charge < -0.3 is 10.2 Å². The molecule has 0 aliphatic carbocycles. The van der Waals surface area contributed by atoms with Crippen molar-refractivity contribution in [2.75, 3.05) is 19.4 Å². The van der Waals surface area contributed by atoms with E-state index < -0.39 is 11.7 Å². The lowest BCUT2D eigenvalue weighted by atomic mass is 10.1. The number of alkyl halides is 3. The molecule has 4 nitrogen and oxygen atoms in total. The second kappa shape index (κ2) is 8.27. The molecule has 0 saturated carbocycles. The van der Waals surface area contributed by atoms with Crippen LogP contribution in [0, 0.1) is 0 Å². The first-order chi connectivity index (χ1) is 12.1. The number of benzene rings is 2. The summed E-state index contributed by atoms with van der Waals surface area (Å²) in [6, 6.07) is 11.2. The molecule has 0 spiro atoms. The summed E-state index contributed by atoms with van der Waals surface area (Å²) in [6.07, 6.45) is -4.43. The summed E-state index contributed by atoms with van der Waals surface area (Å²) in [6.45, 7) is 0. The summed E-state index contributed by atoms with van der Waals surface area (Å²) in [5.74, 6) is -0.338. The van der Waals surface area contributed by atoms with E-state index in [2.05, 4.69) is 5.32 Å². The van der Waals surface area contributed by atoms with Gasteiger partial charge in [0.2, 0.25) is 5.91 Å². The Balaban J connectivity index is 1.92. The van der Waals surface area contributed by atoms with Crippen LogP contribution in [0.25, 0.3) is 0 Å². The van der Waals surface area contributed by atoms with Gasteiger partial charge >= 0.3 is 6.18 Å². The summed E-state index contributed by atoms with van der Waals surface area (Å²) in [4.78, 5) is 25.8. The van der Waals surface area contributed by atoms with E-state index in [4.69, 9.17) is 0 Å². The highest BCUT2D eigenvalue weighted by Crippen LogP contribution is 2.29. The van der Waals surface area contributed by atoms with Gasteiger partial charge in [0.25, 0.3) is 5.24 Å². The predicted octanol–water partition coefficient (Wildman–Crippen LogP) is 4.66. The van der Waals surface area contributed by atoms with Gasteiger partial charge in [-0.1, -0.05) is 12.1 Å². The third kappa shape index (κ3) is 5.80. The highest BCUT2D eigenvalue weighted by atomic mass is 32.2. The first-order valence-electron chi connectivity index (χ1n) is 7.60. The number of hydrogen-bond donors (Lipinski definition) is 1. The molecule has 1 N–H and O–H groups in total. The molecule has 0 fully saturated rings. The van der Waals surface area contributed by atoms with Crippen LogP contribution in [0.4, 0.5) is 23.7 Å². The first kappa shape index (κ1) is 19.8. The maximum Gasteiger partial charge on any atom is 0.416 e. The molecule has 138 valence electrons. The highest BCUT2D eigenvalue weighted by Gasteiger charge is 2.29. The SMILES string of the molecule is CN(C)C(=O)Sc1ccc(NC(=O)Cc2ccc(C(F)(F)F)cc2)cc1. The zero-order valence-electron chi connectivity index (χ0n) is 14.1. The van der Waals surface area contributed by atoms with Crippen molar-refractivity contribution in [1.29, 1.82) is 0 Å². The molecule has 0 heterocycles. The molecule has 0 aliphatic heterocycles. The second-order valence-electron chi connectivity index (χ2n) is 5.71. The number of carbonyl (C=O) groups is 2. The number of anilines is 1. The minimum atomic E-state index is -4.39. The summed E-state index contributed by atoms with van der Waals surface area (Å²) in [7, 11) is 3.32. The average molecular weight is 382 g/mol. The summed E-state index contributed by atoms with van der Waals surface area (Å²) in [5, 5.41) is 2.57. The first-order valence-corrected chi connectivity index (χ1v) is 8.42. The fourth-order valence-corrected chi connectivity index (χ4v) is 2.66. The van der Waals surface area contributed by atoms with Crippen molar-refractivity contribution in [3.8, 4) is 0 Å². The molecule has 2 aromatic rings. The Kier molecular flexibility index (Phi) is 6.31. The molecule has 0 unspecified atom stereocenters. The van der Waals surface area contributed by atoms with Crippen molar-refractivity contribution < 1.29 is 22.8 Å². The lowest BCUT2D eigenvalue weighted by Crippen LogP contribution is -2.16. The van der Waals surface area contributed by atoms with E-state index >= 15 is 0 Å². The largest absolute Gasteiger partial charge is 0.416 e. The van der Waals surface area contributed by atoms with Crippen molar-refractivity contribution in [1.82, 2.24) is 4.90 Å². The lowest BCUT2D eigenvalue weighted by Gasteiger charge is -2.10. The Hall–Kier alpha value is -2.48. The van der Waals surface area contributed by atoms with E-state index in [-0.39, 0.29) is 17.6 Å². The number of nitrogens with one attached hydrogen (secondary N) is 1. The molecule has 0 atom stereocenters. The Morgan fingerprint density at radius 1 is 1.00 bits per heavy atom. The van der Waals surface area contributed by atoms with E-state index in [1.54, 1.807) is 38.4 Å². The molecular weight excluding hydrogens is 365 g/mol. The van der Waals surface area contributed by atoms with Gasteiger partial charge in [-0.05, 0) is 53.7 Å². The van der Waals surface area contributed by atoms with Gasteiger partial charge in [-0.15, -0.1) is 0 Å². The van der Waals surface area contributed by atoms with Crippen LogP contribution in [0.2, 0.25) is 0 Å². The van der Waals surface area contributed by atoms with Crippen LogP contribution in [0.15, 0.2) is 53.4 Å². The smallest absolute Gasteiger partial charge is 0.339 e. The standard InChI is InChI=1S/C18H17F3N2O2S/c1-23(2)17(25)26-15-9-7-14(8-10-15)22-16(24)11-12-3-5-13(6-4-12)18(19,20)21/h3-10H,11H2,1-2H3,(H,22,24). The Morgan fingerprint density at radius 2 is 1.58 bits per heavy atom. The van der Waals surface area contributed by atoms with Crippen LogP contribution >= 0.6 is 11.8 Å². The van der Waals surface area contributed by atoms with E-state index in [0.717, 1.165) is 28.8 Å². The van der Waals surface area contributed by atoms with Crippen LogP contribution in [0.5, 0.6) is 0 Å². The maximum absolute atomic E-state index is 12.5. The number of carbonyl (C=O) groups excluding carboxylic acids is 2. The summed E-state index contributed by atoms with van der Waals surface area (Å²) >= 11 is 1.07. The van der Waals surface area contributed by atoms with Gasteiger partial charge in [-0.25, -0.2) is 0 Å². The highest BCUT2D eigenvalue weighted by molar-refractivity contribution is 8.13. The van der Waals surface area contributed by atoms with Gasteiger partial charge in [-0.2, -0.15) is 13.2 Å². The van der Waals surface area contributed by atoms with Crippen LogP contribution in [-0.2, 0) is 17.4 Å². The van der Waals surface area contributed by atoms with Crippen LogP contribution in [0.1, 0.15) is 11.1 Å². The normalized spacial score (nSPS) is 11.1. The second-order valence-corrected chi connectivity index (χ2v) is 6.73. The molecule has 2 rings (SSSR count). The van der Waals surface area contributed by atoms with E-state index in [0.29, 0.717) is 11.3 Å². The van der Waals surface area contributed by atoms with E-state index in [9.17, 15) is 22.8 Å². The van der Waals surface area contributed by atoms with E-state index in [1.807, 2.05) is 0 Å². The van der Waals surface area contributed by atoms with Crippen molar-refractivity contribution >= 4 is 28.6 Å². The van der Waals surface area contributed by atoms with Gasteiger partial charge in [0.15, 0.2) is 0 Å². The van der Waals surface area contributed by atoms with Crippen molar-refractivity contribution in [3.63, 3.8) is 0 Å². The van der Waals surface area contributed by atoms with Gasteiger partial charge in [0, 0.05) is 24.7 Å². The van der Waals surface area contributed by atoms with Crippen molar-refractivity contribution in [3.05, 3.63) is 59.7 Å². The lowest BCUT2D eigenvalue weighted by molar-refractivity contribution is -0.137. The van der Waals surface area contributed by atoms with Crippen LogP contribution in [-0.4, -0.2) is 30.1 Å². The van der Waals surface area contributed by atoms with Gasteiger partial charge in [0.1, 0.15) is 0 Å². The molecular formula is C18H17F3N2O2S. The molecule has 26 heavy (non-hydrogen) atoms. The maximum atomic E-state index is 12.5. The van der Waals surface area contributed by atoms with Crippen molar-refractivity contribution in [2.24, 2.45) is 0 Å². The number of thioether (sulfide) groups is 1. The molecule has 2 aromatic carbocycles. The number of hydrogen-bond acceptors (Lipinski definition) is 3. The number of rotatable bonds is 4. The Bertz CT molecular complexity index is 773. The number of nitrogens with zero attached hydrogens (tertiary/aromatic N) is 1. The molecule has 0 aromatic heterocycles. The molecule has 0 radical (unpaired) electrons. The molecule has 0 aliphatic rings.